The van der Waals surface area contributed by atoms with Crippen LogP contribution in [-0.4, -0.2) is 16.9 Å². The van der Waals surface area contributed by atoms with Gasteiger partial charge in [-0.15, -0.1) is 0 Å². The second kappa shape index (κ2) is 5.61. The zero-order valence-corrected chi connectivity index (χ0v) is 9.71. The zero-order valence-electron chi connectivity index (χ0n) is 8.90. The lowest BCUT2D eigenvalue weighted by Gasteiger charge is -2.09. The largest absolute Gasteiger partial charge is 0.484 e. The summed E-state index contributed by atoms with van der Waals surface area (Å²) < 4.78 is 5.25. The Labute approximate surface area is 95.3 Å². The molecule has 2 nitrogen and oxygen atoms in total. The van der Waals surface area contributed by atoms with Crippen LogP contribution >= 0.6 is 12.2 Å². The highest BCUT2D eigenvalue weighted by molar-refractivity contribution is 7.80. The van der Waals surface area contributed by atoms with Gasteiger partial charge in [0.2, 0.25) is 0 Å². The summed E-state index contributed by atoms with van der Waals surface area (Å²) in [5.74, 6) is 0.00116. The molecule has 0 saturated heterocycles. The Hall–Kier alpha value is -1.22. The number of ketones is 1. The molecule has 0 spiro atoms. The lowest BCUT2D eigenvalue weighted by molar-refractivity contribution is 0.0991. The number of Topliss-reactive ketones (excluding diaryl/α,β-unsaturated/α-hetero) is 1. The van der Waals surface area contributed by atoms with E-state index in [9.17, 15) is 4.79 Å². The van der Waals surface area contributed by atoms with Crippen LogP contribution in [0, 0.1) is 0 Å². The van der Waals surface area contributed by atoms with Crippen molar-refractivity contribution in [3.63, 3.8) is 0 Å². The Kier molecular flexibility index (Phi) is 4.43. The van der Waals surface area contributed by atoms with Gasteiger partial charge < -0.3 is 4.74 Å². The third-order valence-corrected chi connectivity index (χ3v) is 2.01. The first kappa shape index (κ1) is 11.9. The molecule has 0 amide bonds. The van der Waals surface area contributed by atoms with E-state index in [-0.39, 0.29) is 18.3 Å². The smallest absolute Gasteiger partial charge is 0.171 e. The summed E-state index contributed by atoms with van der Waals surface area (Å²) in [4.78, 5) is 11.7. The van der Waals surface area contributed by atoms with Crippen LogP contribution in [0.4, 0.5) is 0 Å². The number of thiocarbonyl (C=S) groups is 1. The van der Waals surface area contributed by atoms with E-state index in [2.05, 4.69) is 0 Å². The van der Waals surface area contributed by atoms with Crippen molar-refractivity contribution in [3.8, 4) is 0 Å². The molecule has 80 valence electrons. The van der Waals surface area contributed by atoms with Crippen LogP contribution in [0.1, 0.15) is 30.6 Å². The summed E-state index contributed by atoms with van der Waals surface area (Å²) >= 11 is 4.96. The highest BCUT2D eigenvalue weighted by atomic mass is 32.1. The molecule has 0 aliphatic rings. The molecule has 0 aromatic heterocycles. The molecular formula is C12H14O2S. The normalized spacial score (nSPS) is 10.1. The summed E-state index contributed by atoms with van der Waals surface area (Å²) in [7, 11) is 0. The summed E-state index contributed by atoms with van der Waals surface area (Å²) in [6, 6.07) is 9.10. The van der Waals surface area contributed by atoms with Crippen molar-refractivity contribution in [2.75, 3.05) is 0 Å². The zero-order chi connectivity index (χ0) is 11.3. The first-order chi connectivity index (χ1) is 7.09. The number of ether oxygens (including phenoxy) is 1. The molecule has 0 N–H and O–H groups in total. The van der Waals surface area contributed by atoms with Crippen LogP contribution in [0.5, 0.6) is 0 Å². The Balaban J connectivity index is 2.53. The summed E-state index contributed by atoms with van der Waals surface area (Å²) in [5.41, 5.74) is 0.673. The topological polar surface area (TPSA) is 26.3 Å². The predicted molar refractivity (Wildman–Crippen MR) is 64.2 cm³/mol. The van der Waals surface area contributed by atoms with Gasteiger partial charge in [-0.05, 0) is 26.1 Å². The molecule has 1 aromatic carbocycles. The van der Waals surface area contributed by atoms with Gasteiger partial charge in [-0.2, -0.15) is 0 Å². The molecule has 0 aliphatic heterocycles. The first-order valence-corrected chi connectivity index (χ1v) is 5.28. The van der Waals surface area contributed by atoms with Crippen LogP contribution in [0.3, 0.4) is 0 Å². The minimum absolute atomic E-state index is 0.00116. The minimum atomic E-state index is 0.00116. The van der Waals surface area contributed by atoms with E-state index in [0.717, 1.165) is 0 Å². The van der Waals surface area contributed by atoms with Gasteiger partial charge in [-0.1, -0.05) is 30.3 Å². The van der Waals surface area contributed by atoms with Gasteiger partial charge in [0.25, 0.3) is 0 Å². The number of benzene rings is 1. The van der Waals surface area contributed by atoms with Crippen molar-refractivity contribution in [3.05, 3.63) is 35.9 Å². The van der Waals surface area contributed by atoms with E-state index in [0.29, 0.717) is 10.6 Å². The van der Waals surface area contributed by atoms with Crippen LogP contribution in [0.25, 0.3) is 0 Å². The number of hydrogen-bond acceptors (Lipinski definition) is 3. The van der Waals surface area contributed by atoms with E-state index in [4.69, 9.17) is 17.0 Å². The molecular weight excluding hydrogens is 208 g/mol. The average Bonchev–Trinajstić information content (AvgIpc) is 2.17. The van der Waals surface area contributed by atoms with Gasteiger partial charge in [0, 0.05) is 5.56 Å². The maximum atomic E-state index is 11.7. The van der Waals surface area contributed by atoms with Crippen molar-refractivity contribution >= 4 is 23.1 Å². The molecule has 1 aromatic rings. The lowest BCUT2D eigenvalue weighted by atomic mass is 10.1. The molecule has 3 heteroatoms. The second-order valence-corrected chi connectivity index (χ2v) is 3.96. The fourth-order valence-electron chi connectivity index (χ4n) is 1.16. The third-order valence-electron chi connectivity index (χ3n) is 1.77. The van der Waals surface area contributed by atoms with Crippen molar-refractivity contribution in [1.29, 1.82) is 0 Å². The first-order valence-electron chi connectivity index (χ1n) is 4.87. The van der Waals surface area contributed by atoms with Crippen molar-refractivity contribution in [2.24, 2.45) is 0 Å². The van der Waals surface area contributed by atoms with Crippen molar-refractivity contribution in [1.82, 2.24) is 0 Å². The molecule has 0 bridgehead atoms. The quantitative estimate of drug-likeness (QED) is 0.578. The maximum absolute atomic E-state index is 11.7. The third kappa shape index (κ3) is 4.21. The lowest BCUT2D eigenvalue weighted by Crippen LogP contribution is -2.13. The summed E-state index contributed by atoms with van der Waals surface area (Å²) in [6.07, 6.45) is 0.207. The van der Waals surface area contributed by atoms with Crippen LogP contribution in [-0.2, 0) is 4.74 Å². The van der Waals surface area contributed by atoms with E-state index in [1.54, 1.807) is 12.1 Å². The monoisotopic (exact) mass is 222 g/mol. The summed E-state index contributed by atoms with van der Waals surface area (Å²) in [5, 5.41) is 0.360. The molecule has 0 saturated carbocycles. The van der Waals surface area contributed by atoms with Crippen LogP contribution < -0.4 is 0 Å². The fourth-order valence-corrected chi connectivity index (χ4v) is 1.49. The number of carbonyl (C=O) groups is 1. The molecule has 0 radical (unpaired) electrons. The molecule has 0 atom stereocenters. The van der Waals surface area contributed by atoms with Crippen molar-refractivity contribution in [2.45, 2.75) is 26.4 Å². The van der Waals surface area contributed by atoms with Gasteiger partial charge >= 0.3 is 0 Å². The SMILES string of the molecule is CC(C)OC(=S)CC(=O)c1ccccc1. The Morgan fingerprint density at radius 2 is 1.93 bits per heavy atom. The predicted octanol–water partition coefficient (Wildman–Crippen LogP) is 3.01. The fraction of sp³-hybridized carbons (Fsp3) is 0.333. The number of rotatable bonds is 4. The highest BCUT2D eigenvalue weighted by Gasteiger charge is 2.10. The minimum Gasteiger partial charge on any atom is -0.484 e. The van der Waals surface area contributed by atoms with Crippen molar-refractivity contribution < 1.29 is 9.53 Å². The molecule has 1 rings (SSSR count). The highest BCUT2D eigenvalue weighted by Crippen LogP contribution is 2.05. The number of carbonyl (C=O) groups excluding carboxylic acids is 1. The van der Waals surface area contributed by atoms with Gasteiger partial charge in [0.05, 0.1) is 12.5 Å². The van der Waals surface area contributed by atoms with Gasteiger partial charge in [-0.25, -0.2) is 0 Å². The van der Waals surface area contributed by atoms with E-state index in [1.165, 1.54) is 0 Å². The Bertz CT molecular complexity index is 344. The second-order valence-electron chi connectivity index (χ2n) is 3.50. The molecule has 0 unspecified atom stereocenters. The Morgan fingerprint density at radius 1 is 1.33 bits per heavy atom. The van der Waals surface area contributed by atoms with E-state index in [1.807, 2.05) is 32.0 Å². The van der Waals surface area contributed by atoms with E-state index < -0.39 is 0 Å². The van der Waals surface area contributed by atoms with Gasteiger partial charge in [0.15, 0.2) is 10.8 Å². The van der Waals surface area contributed by atoms with E-state index >= 15 is 0 Å². The van der Waals surface area contributed by atoms with Gasteiger partial charge in [0.1, 0.15) is 0 Å². The molecule has 0 aliphatic carbocycles. The average molecular weight is 222 g/mol. The Morgan fingerprint density at radius 3 is 2.47 bits per heavy atom. The molecule has 0 heterocycles. The van der Waals surface area contributed by atoms with Gasteiger partial charge in [-0.3, -0.25) is 4.79 Å². The van der Waals surface area contributed by atoms with Crippen LogP contribution in [0.2, 0.25) is 0 Å². The molecule has 0 fully saturated rings. The van der Waals surface area contributed by atoms with Crippen LogP contribution in [0.15, 0.2) is 30.3 Å². The molecule has 15 heavy (non-hydrogen) atoms. The summed E-state index contributed by atoms with van der Waals surface area (Å²) in [6.45, 7) is 3.78. The standard InChI is InChI=1S/C12H14O2S/c1-9(2)14-12(15)8-11(13)10-6-4-3-5-7-10/h3-7,9H,8H2,1-2H3. The maximum Gasteiger partial charge on any atom is 0.171 e. The number of hydrogen-bond donors (Lipinski definition) is 0.